The second-order valence-corrected chi connectivity index (χ2v) is 5.02. The fraction of sp³-hybridized carbons (Fsp3) is 0.538. The minimum atomic E-state index is -0.437. The van der Waals surface area contributed by atoms with Gasteiger partial charge in [-0.1, -0.05) is 6.92 Å². The monoisotopic (exact) mass is 262 g/mol. The molecule has 19 heavy (non-hydrogen) atoms. The second-order valence-electron chi connectivity index (χ2n) is 5.02. The molecule has 0 spiro atoms. The largest absolute Gasteiger partial charge is 0.465 e. The van der Waals surface area contributed by atoms with Crippen molar-refractivity contribution in [3.63, 3.8) is 0 Å². The second kappa shape index (κ2) is 5.34. The van der Waals surface area contributed by atoms with E-state index in [0.29, 0.717) is 24.6 Å². The van der Waals surface area contributed by atoms with Gasteiger partial charge in [0, 0.05) is 18.8 Å². The Balaban J connectivity index is 1.91. The van der Waals surface area contributed by atoms with Crippen molar-refractivity contribution < 1.29 is 9.53 Å². The van der Waals surface area contributed by atoms with E-state index in [1.807, 2.05) is 20.8 Å². The molecule has 0 aliphatic heterocycles. The van der Waals surface area contributed by atoms with E-state index in [1.165, 1.54) is 0 Å². The van der Waals surface area contributed by atoms with Gasteiger partial charge in [0.15, 0.2) is 5.82 Å². The first-order valence-electron chi connectivity index (χ1n) is 6.36. The highest BCUT2D eigenvalue weighted by atomic mass is 16.5. The van der Waals surface area contributed by atoms with Crippen LogP contribution >= 0.6 is 0 Å². The summed E-state index contributed by atoms with van der Waals surface area (Å²) in [6.45, 7) is 6.01. The first kappa shape index (κ1) is 13.5. The van der Waals surface area contributed by atoms with E-state index >= 15 is 0 Å². The number of carbonyl (C=O) groups is 1. The summed E-state index contributed by atoms with van der Waals surface area (Å²) in [5, 5.41) is 4.24. The molecule has 0 aliphatic carbocycles. The molecule has 0 amide bonds. The Morgan fingerprint density at radius 1 is 1.47 bits per heavy atom. The molecule has 6 heteroatoms. The summed E-state index contributed by atoms with van der Waals surface area (Å²) in [7, 11) is 0. The summed E-state index contributed by atoms with van der Waals surface area (Å²) in [6.07, 6.45) is 4.69. The van der Waals surface area contributed by atoms with Gasteiger partial charge in [-0.2, -0.15) is 4.98 Å². The van der Waals surface area contributed by atoms with Crippen molar-refractivity contribution >= 4 is 11.7 Å². The maximum absolute atomic E-state index is 11.8. The van der Waals surface area contributed by atoms with Crippen molar-refractivity contribution in [3.05, 3.63) is 24.3 Å². The lowest BCUT2D eigenvalue weighted by molar-refractivity contribution is -0.154. The minimum Gasteiger partial charge on any atom is -0.465 e. The van der Waals surface area contributed by atoms with Crippen molar-refractivity contribution in [1.29, 1.82) is 0 Å². The normalized spacial score (nSPS) is 11.7. The molecular formula is C13H18N4O2. The molecule has 0 N–H and O–H groups in total. The van der Waals surface area contributed by atoms with Crippen LogP contribution in [0.5, 0.6) is 0 Å². The summed E-state index contributed by atoms with van der Waals surface area (Å²) in [4.78, 5) is 20.1. The average Bonchev–Trinajstić information content (AvgIpc) is 2.81. The molecule has 0 saturated heterocycles. The number of ether oxygens (including phenoxy) is 1. The number of nitrogens with zero attached hydrogens (tertiary/aromatic N) is 4. The molecule has 0 fully saturated rings. The molecule has 0 saturated carbocycles. The number of esters is 1. The van der Waals surface area contributed by atoms with E-state index < -0.39 is 5.41 Å². The van der Waals surface area contributed by atoms with Crippen LogP contribution in [0.25, 0.3) is 5.78 Å². The molecule has 0 atom stereocenters. The number of hydrogen-bond donors (Lipinski definition) is 0. The van der Waals surface area contributed by atoms with Crippen LogP contribution in [0, 0.1) is 5.41 Å². The highest BCUT2D eigenvalue weighted by Gasteiger charge is 2.26. The molecule has 0 bridgehead atoms. The quantitative estimate of drug-likeness (QED) is 0.766. The van der Waals surface area contributed by atoms with Gasteiger partial charge in [0.2, 0.25) is 0 Å². The Morgan fingerprint density at radius 2 is 2.26 bits per heavy atom. The topological polar surface area (TPSA) is 69.4 Å². The van der Waals surface area contributed by atoms with E-state index in [9.17, 15) is 4.79 Å². The van der Waals surface area contributed by atoms with Crippen LogP contribution < -0.4 is 0 Å². The summed E-state index contributed by atoms with van der Waals surface area (Å²) in [5.74, 6) is 0.996. The van der Waals surface area contributed by atoms with Gasteiger partial charge in [-0.25, -0.2) is 9.50 Å². The van der Waals surface area contributed by atoms with Crippen LogP contribution in [-0.2, 0) is 16.0 Å². The molecule has 6 nitrogen and oxygen atoms in total. The van der Waals surface area contributed by atoms with Crippen molar-refractivity contribution in [1.82, 2.24) is 19.6 Å². The zero-order valence-electron chi connectivity index (χ0n) is 11.5. The molecule has 0 aromatic carbocycles. The summed E-state index contributed by atoms with van der Waals surface area (Å²) in [6, 6.07) is 1.79. The summed E-state index contributed by atoms with van der Waals surface area (Å²) >= 11 is 0. The zero-order chi connectivity index (χ0) is 13.9. The number of hydrogen-bond acceptors (Lipinski definition) is 5. The summed E-state index contributed by atoms with van der Waals surface area (Å²) < 4.78 is 6.85. The predicted molar refractivity (Wildman–Crippen MR) is 69.5 cm³/mol. The molecule has 2 heterocycles. The molecule has 2 rings (SSSR count). The standard InChI is InChI=1S/C13H18N4O2/c1-4-13(2,3)11(18)19-9-6-10-15-12-14-7-5-8-17(12)16-10/h5,7-8H,4,6,9H2,1-3H3. The summed E-state index contributed by atoms with van der Waals surface area (Å²) in [5.41, 5.74) is -0.437. The maximum Gasteiger partial charge on any atom is 0.311 e. The third-order valence-electron chi connectivity index (χ3n) is 3.16. The van der Waals surface area contributed by atoms with E-state index in [0.717, 1.165) is 6.42 Å². The number of carbonyl (C=O) groups excluding carboxylic acids is 1. The lowest BCUT2D eigenvalue weighted by atomic mass is 9.91. The fourth-order valence-electron chi connectivity index (χ4n) is 1.46. The number of fused-ring (bicyclic) bond motifs is 1. The van der Waals surface area contributed by atoms with Gasteiger partial charge in [-0.3, -0.25) is 4.79 Å². The Labute approximate surface area is 111 Å². The Hall–Kier alpha value is -1.98. The Morgan fingerprint density at radius 3 is 2.95 bits per heavy atom. The van der Waals surface area contributed by atoms with Crippen LogP contribution in [0.15, 0.2) is 18.5 Å². The van der Waals surface area contributed by atoms with E-state index in [4.69, 9.17) is 4.74 Å². The lowest BCUT2D eigenvalue weighted by Crippen LogP contribution is -2.26. The van der Waals surface area contributed by atoms with Crippen molar-refractivity contribution in [2.75, 3.05) is 6.61 Å². The van der Waals surface area contributed by atoms with Crippen molar-refractivity contribution in [2.24, 2.45) is 5.41 Å². The molecule has 0 radical (unpaired) electrons. The first-order chi connectivity index (χ1) is 9.03. The van der Waals surface area contributed by atoms with Gasteiger partial charge in [0.1, 0.15) is 0 Å². The minimum absolute atomic E-state index is 0.183. The van der Waals surface area contributed by atoms with E-state index in [2.05, 4.69) is 15.1 Å². The van der Waals surface area contributed by atoms with Crippen LogP contribution in [-0.4, -0.2) is 32.2 Å². The highest BCUT2D eigenvalue weighted by molar-refractivity contribution is 5.75. The predicted octanol–water partition coefficient (Wildman–Crippen LogP) is 1.65. The van der Waals surface area contributed by atoms with Gasteiger partial charge in [0.05, 0.1) is 12.0 Å². The zero-order valence-corrected chi connectivity index (χ0v) is 11.5. The molecule has 102 valence electrons. The van der Waals surface area contributed by atoms with Gasteiger partial charge in [0.25, 0.3) is 5.78 Å². The van der Waals surface area contributed by atoms with Crippen LogP contribution in [0.1, 0.15) is 33.0 Å². The molecule has 0 aliphatic rings. The Bertz CT molecular complexity index is 544. The van der Waals surface area contributed by atoms with Gasteiger partial charge in [-0.15, -0.1) is 5.10 Å². The van der Waals surface area contributed by atoms with Gasteiger partial charge < -0.3 is 4.74 Å². The third kappa shape index (κ3) is 3.07. The molecular weight excluding hydrogens is 244 g/mol. The SMILES string of the molecule is CCC(C)(C)C(=O)OCCc1nc2ncccn2n1. The Kier molecular flexibility index (Phi) is 3.78. The average molecular weight is 262 g/mol. The van der Waals surface area contributed by atoms with Crippen molar-refractivity contribution in [3.8, 4) is 0 Å². The van der Waals surface area contributed by atoms with Crippen LogP contribution in [0.4, 0.5) is 0 Å². The van der Waals surface area contributed by atoms with E-state index in [1.54, 1.807) is 23.0 Å². The first-order valence-corrected chi connectivity index (χ1v) is 6.36. The third-order valence-corrected chi connectivity index (χ3v) is 3.16. The molecule has 2 aromatic heterocycles. The van der Waals surface area contributed by atoms with Crippen LogP contribution in [0.2, 0.25) is 0 Å². The number of aromatic nitrogens is 4. The highest BCUT2D eigenvalue weighted by Crippen LogP contribution is 2.21. The van der Waals surface area contributed by atoms with Crippen LogP contribution in [0.3, 0.4) is 0 Å². The molecule has 2 aromatic rings. The van der Waals surface area contributed by atoms with E-state index in [-0.39, 0.29) is 5.97 Å². The fourth-order valence-corrected chi connectivity index (χ4v) is 1.46. The number of rotatable bonds is 5. The van der Waals surface area contributed by atoms with Gasteiger partial charge >= 0.3 is 5.97 Å². The smallest absolute Gasteiger partial charge is 0.311 e. The van der Waals surface area contributed by atoms with Gasteiger partial charge in [-0.05, 0) is 26.3 Å². The maximum atomic E-state index is 11.8. The lowest BCUT2D eigenvalue weighted by Gasteiger charge is -2.19. The van der Waals surface area contributed by atoms with Crippen molar-refractivity contribution in [2.45, 2.75) is 33.6 Å². The molecule has 0 unspecified atom stereocenters.